The van der Waals surface area contributed by atoms with E-state index in [0.29, 0.717) is 12.7 Å². The molecular formula is C15H20BrN3O. The molecule has 0 unspecified atom stereocenters. The Bertz CT molecular complexity index is 590. The van der Waals surface area contributed by atoms with E-state index in [4.69, 9.17) is 9.72 Å². The first-order valence-electron chi connectivity index (χ1n) is 7.25. The minimum Gasteiger partial charge on any atom is -0.370 e. The molecular weight excluding hydrogens is 318 g/mol. The molecule has 0 amide bonds. The normalized spacial score (nSPS) is 16.9. The number of halogens is 1. The Labute approximate surface area is 127 Å². The third kappa shape index (κ3) is 2.90. The van der Waals surface area contributed by atoms with Gasteiger partial charge in [-0.25, -0.2) is 4.98 Å². The summed E-state index contributed by atoms with van der Waals surface area (Å²) in [6.07, 6.45) is 2.56. The van der Waals surface area contributed by atoms with Gasteiger partial charge in [-0.05, 0) is 51.1 Å². The minimum absolute atomic E-state index is 0.369. The first-order chi connectivity index (χ1) is 9.78. The Kier molecular flexibility index (Phi) is 4.38. The third-order valence-corrected chi connectivity index (χ3v) is 4.33. The highest BCUT2D eigenvalue weighted by Gasteiger charge is 2.16. The number of benzene rings is 1. The number of hydrogen-bond acceptors (Lipinski definition) is 3. The summed E-state index contributed by atoms with van der Waals surface area (Å²) in [4.78, 5) is 4.72. The van der Waals surface area contributed by atoms with Gasteiger partial charge in [0.05, 0.1) is 17.1 Å². The highest BCUT2D eigenvalue weighted by molar-refractivity contribution is 9.10. The highest BCUT2D eigenvalue weighted by Crippen LogP contribution is 2.22. The first-order valence-corrected chi connectivity index (χ1v) is 8.04. The number of fused-ring (bicyclic) bond motifs is 1. The molecule has 1 saturated heterocycles. The van der Waals surface area contributed by atoms with Gasteiger partial charge in [0.2, 0.25) is 0 Å². The van der Waals surface area contributed by atoms with E-state index in [1.165, 1.54) is 5.52 Å². The molecule has 3 rings (SSSR count). The summed E-state index contributed by atoms with van der Waals surface area (Å²) >= 11 is 3.50. The first kappa shape index (κ1) is 14.0. The molecule has 0 bridgehead atoms. The molecule has 5 heteroatoms. The summed E-state index contributed by atoms with van der Waals surface area (Å²) in [5, 5.41) is 3.36. The van der Waals surface area contributed by atoms with Crippen LogP contribution < -0.4 is 5.32 Å². The highest BCUT2D eigenvalue weighted by atomic mass is 79.9. The number of nitrogens with one attached hydrogen (secondary N) is 1. The zero-order valence-corrected chi connectivity index (χ0v) is 13.3. The van der Waals surface area contributed by atoms with Crippen LogP contribution in [0.2, 0.25) is 0 Å². The predicted molar refractivity (Wildman–Crippen MR) is 83.8 cm³/mol. The molecule has 0 atom stereocenters. The van der Waals surface area contributed by atoms with Crippen molar-refractivity contribution in [3.63, 3.8) is 0 Å². The van der Waals surface area contributed by atoms with E-state index >= 15 is 0 Å². The number of ether oxygens (including phenoxy) is 1. The fourth-order valence-electron chi connectivity index (χ4n) is 2.77. The minimum atomic E-state index is 0.369. The number of hydrogen-bond donors (Lipinski definition) is 1. The monoisotopic (exact) mass is 337 g/mol. The van der Waals surface area contributed by atoms with Crippen molar-refractivity contribution in [3.05, 3.63) is 28.5 Å². The number of rotatable bonds is 4. The second kappa shape index (κ2) is 6.24. The Balaban J connectivity index is 1.79. The van der Waals surface area contributed by atoms with E-state index in [9.17, 15) is 0 Å². The van der Waals surface area contributed by atoms with Crippen molar-refractivity contribution < 1.29 is 4.74 Å². The van der Waals surface area contributed by atoms with Crippen LogP contribution in [0.5, 0.6) is 0 Å². The molecule has 0 radical (unpaired) electrons. The van der Waals surface area contributed by atoms with Crippen molar-refractivity contribution in [1.82, 2.24) is 14.9 Å². The molecule has 0 spiro atoms. The zero-order chi connectivity index (χ0) is 13.9. The van der Waals surface area contributed by atoms with Crippen LogP contribution in [-0.2, 0) is 17.9 Å². The lowest BCUT2D eigenvalue weighted by Gasteiger charge is -2.22. The van der Waals surface area contributed by atoms with Crippen LogP contribution in [0.15, 0.2) is 22.7 Å². The maximum Gasteiger partial charge on any atom is 0.135 e. The van der Waals surface area contributed by atoms with Crippen molar-refractivity contribution in [1.29, 1.82) is 0 Å². The average Bonchev–Trinajstić information content (AvgIpc) is 2.82. The van der Waals surface area contributed by atoms with Gasteiger partial charge >= 0.3 is 0 Å². The van der Waals surface area contributed by atoms with Crippen molar-refractivity contribution in [2.75, 3.05) is 13.1 Å². The number of imidazole rings is 1. The molecule has 1 aliphatic heterocycles. The standard InChI is InChI=1S/C15H20BrN3O/c1-2-19-14-4-3-11(16)9-13(14)18-15(19)10-20-12-5-7-17-8-6-12/h3-4,9,12,17H,2,5-8,10H2,1H3. The van der Waals surface area contributed by atoms with Gasteiger partial charge in [-0.15, -0.1) is 0 Å². The molecule has 1 N–H and O–H groups in total. The van der Waals surface area contributed by atoms with Crippen LogP contribution in [0.4, 0.5) is 0 Å². The fraction of sp³-hybridized carbons (Fsp3) is 0.533. The van der Waals surface area contributed by atoms with E-state index in [1.807, 2.05) is 0 Å². The summed E-state index contributed by atoms with van der Waals surface area (Å²) in [6.45, 7) is 5.79. The van der Waals surface area contributed by atoms with Crippen molar-refractivity contribution in [2.45, 2.75) is 39.0 Å². The summed E-state index contributed by atoms with van der Waals surface area (Å²) < 4.78 is 9.34. The van der Waals surface area contributed by atoms with Gasteiger partial charge in [0.25, 0.3) is 0 Å². The van der Waals surface area contributed by atoms with Crippen molar-refractivity contribution >= 4 is 27.0 Å². The topological polar surface area (TPSA) is 39.1 Å². The van der Waals surface area contributed by atoms with Gasteiger partial charge in [-0.3, -0.25) is 0 Å². The molecule has 0 saturated carbocycles. The molecule has 2 aromatic rings. The molecule has 1 aliphatic rings. The maximum atomic E-state index is 6.04. The molecule has 20 heavy (non-hydrogen) atoms. The summed E-state index contributed by atoms with van der Waals surface area (Å²) in [6, 6.07) is 6.24. The van der Waals surface area contributed by atoms with Crippen LogP contribution in [0.1, 0.15) is 25.6 Å². The lowest BCUT2D eigenvalue weighted by atomic mass is 10.1. The van der Waals surface area contributed by atoms with E-state index in [1.54, 1.807) is 0 Å². The fourth-order valence-corrected chi connectivity index (χ4v) is 3.12. The van der Waals surface area contributed by atoms with E-state index in [2.05, 4.69) is 50.9 Å². The zero-order valence-electron chi connectivity index (χ0n) is 11.7. The van der Waals surface area contributed by atoms with E-state index in [-0.39, 0.29) is 0 Å². The second-order valence-corrected chi connectivity index (χ2v) is 6.08. The Morgan fingerprint density at radius 3 is 2.95 bits per heavy atom. The largest absolute Gasteiger partial charge is 0.370 e. The van der Waals surface area contributed by atoms with Gasteiger partial charge in [0.1, 0.15) is 12.4 Å². The second-order valence-electron chi connectivity index (χ2n) is 5.17. The lowest BCUT2D eigenvalue weighted by Crippen LogP contribution is -2.32. The Morgan fingerprint density at radius 2 is 2.20 bits per heavy atom. The van der Waals surface area contributed by atoms with Crippen LogP contribution >= 0.6 is 15.9 Å². The lowest BCUT2D eigenvalue weighted by molar-refractivity contribution is 0.0167. The molecule has 0 aliphatic carbocycles. The van der Waals surface area contributed by atoms with E-state index < -0.39 is 0 Å². The number of aromatic nitrogens is 2. The molecule has 1 aromatic heterocycles. The average molecular weight is 338 g/mol. The summed E-state index contributed by atoms with van der Waals surface area (Å²) in [5.74, 6) is 1.03. The van der Waals surface area contributed by atoms with Crippen LogP contribution in [-0.4, -0.2) is 28.7 Å². The SMILES string of the molecule is CCn1c(COC2CCNCC2)nc2cc(Br)ccc21. The number of piperidine rings is 1. The van der Waals surface area contributed by atoms with Crippen LogP contribution in [0.3, 0.4) is 0 Å². The van der Waals surface area contributed by atoms with Crippen molar-refractivity contribution in [3.8, 4) is 0 Å². The summed E-state index contributed by atoms with van der Waals surface area (Å²) in [5.41, 5.74) is 2.21. The van der Waals surface area contributed by atoms with Gasteiger partial charge in [-0.2, -0.15) is 0 Å². The Hall–Kier alpha value is -0.910. The number of nitrogens with zero attached hydrogens (tertiary/aromatic N) is 2. The van der Waals surface area contributed by atoms with Crippen LogP contribution in [0.25, 0.3) is 11.0 Å². The van der Waals surface area contributed by atoms with Crippen molar-refractivity contribution in [2.24, 2.45) is 0 Å². The molecule has 108 valence electrons. The Morgan fingerprint density at radius 1 is 1.40 bits per heavy atom. The molecule has 2 heterocycles. The van der Waals surface area contributed by atoms with Crippen LogP contribution in [0, 0.1) is 0 Å². The number of aryl methyl sites for hydroxylation is 1. The maximum absolute atomic E-state index is 6.04. The molecule has 1 aromatic carbocycles. The predicted octanol–water partition coefficient (Wildman–Crippen LogP) is 3.09. The van der Waals surface area contributed by atoms with Gasteiger partial charge in [0.15, 0.2) is 0 Å². The molecule has 4 nitrogen and oxygen atoms in total. The summed E-state index contributed by atoms with van der Waals surface area (Å²) in [7, 11) is 0. The van der Waals surface area contributed by atoms with Gasteiger partial charge < -0.3 is 14.6 Å². The van der Waals surface area contributed by atoms with E-state index in [0.717, 1.165) is 48.3 Å². The van der Waals surface area contributed by atoms with Gasteiger partial charge in [-0.1, -0.05) is 15.9 Å². The third-order valence-electron chi connectivity index (χ3n) is 3.84. The van der Waals surface area contributed by atoms with Gasteiger partial charge in [0, 0.05) is 11.0 Å². The quantitative estimate of drug-likeness (QED) is 0.931. The smallest absolute Gasteiger partial charge is 0.135 e. The molecule has 1 fully saturated rings.